The van der Waals surface area contributed by atoms with Crippen molar-refractivity contribution in [2.75, 3.05) is 39.3 Å². The molecule has 1 aliphatic heterocycles. The fourth-order valence-electron chi connectivity index (χ4n) is 3.03. The van der Waals surface area contributed by atoms with Crippen LogP contribution in [0.25, 0.3) is 0 Å². The van der Waals surface area contributed by atoms with Gasteiger partial charge in [-0.15, -0.1) is 0 Å². The molecule has 0 atom stereocenters. The summed E-state index contributed by atoms with van der Waals surface area (Å²) >= 11 is 3.13. The number of carbonyl (C=O) groups excluding carboxylic acids is 1. The molecule has 0 bridgehead atoms. The second kappa shape index (κ2) is 11.0. The molecule has 28 heavy (non-hydrogen) atoms. The molecule has 1 amide bonds. The normalized spacial score (nSPS) is 15.5. The van der Waals surface area contributed by atoms with Crippen molar-refractivity contribution in [1.29, 1.82) is 0 Å². The highest BCUT2D eigenvalue weighted by Gasteiger charge is 2.25. The van der Waals surface area contributed by atoms with E-state index in [0.717, 1.165) is 58.4 Å². The molecule has 1 aliphatic rings. The highest BCUT2D eigenvalue weighted by Crippen LogP contribution is 2.21. The molecule has 1 aromatic carbocycles. The minimum atomic E-state index is -0.441. The minimum absolute atomic E-state index is 0.210. The lowest BCUT2D eigenvalue weighted by Crippen LogP contribution is -2.50. The number of hydrogen-bond donors (Lipinski definition) is 0. The molecule has 1 saturated heterocycles. The molecule has 158 valence electrons. The molecule has 0 unspecified atom stereocenters. The van der Waals surface area contributed by atoms with Crippen LogP contribution >= 0.6 is 15.9 Å². The molecule has 0 radical (unpaired) electrons. The second-order valence-electron chi connectivity index (χ2n) is 8.15. The first-order valence-electron chi connectivity index (χ1n) is 10.0. The molecular weight excluding hydrogens is 427 g/mol. The molecule has 2 rings (SSSR count). The van der Waals surface area contributed by atoms with E-state index >= 15 is 0 Å². The Kier molecular flexibility index (Phi) is 9.02. The van der Waals surface area contributed by atoms with E-state index in [-0.39, 0.29) is 11.9 Å². The first-order chi connectivity index (χ1) is 13.2. The zero-order valence-electron chi connectivity index (χ0n) is 17.2. The summed E-state index contributed by atoms with van der Waals surface area (Å²) < 4.78 is 24.9. The molecule has 0 spiro atoms. The quantitative estimate of drug-likeness (QED) is 0.509. The molecule has 0 N–H and O–H groups in total. The van der Waals surface area contributed by atoms with Gasteiger partial charge in [-0.1, -0.05) is 12.8 Å². The molecular formula is C21H32BrFN2O3. The van der Waals surface area contributed by atoms with E-state index in [1.807, 2.05) is 20.8 Å². The van der Waals surface area contributed by atoms with Crippen molar-refractivity contribution in [2.24, 2.45) is 0 Å². The summed E-state index contributed by atoms with van der Waals surface area (Å²) in [6.45, 7) is 10.6. The van der Waals surface area contributed by atoms with Gasteiger partial charge >= 0.3 is 6.09 Å². The van der Waals surface area contributed by atoms with E-state index in [0.29, 0.717) is 16.8 Å². The Morgan fingerprint density at radius 3 is 2.43 bits per heavy atom. The number of halogens is 2. The third-order valence-electron chi connectivity index (χ3n) is 4.55. The number of piperazine rings is 1. The highest BCUT2D eigenvalue weighted by atomic mass is 79.9. The van der Waals surface area contributed by atoms with E-state index in [1.54, 1.807) is 17.0 Å². The minimum Gasteiger partial charge on any atom is -0.493 e. The van der Waals surface area contributed by atoms with Crippen molar-refractivity contribution in [3.63, 3.8) is 0 Å². The molecule has 0 aromatic heterocycles. The van der Waals surface area contributed by atoms with Crippen LogP contribution < -0.4 is 4.74 Å². The number of benzene rings is 1. The maximum absolute atomic E-state index is 13.4. The van der Waals surface area contributed by atoms with Gasteiger partial charge in [0.05, 0.1) is 11.1 Å². The van der Waals surface area contributed by atoms with Gasteiger partial charge in [0, 0.05) is 32.2 Å². The maximum atomic E-state index is 13.4. The lowest BCUT2D eigenvalue weighted by atomic mass is 10.2. The summed E-state index contributed by atoms with van der Waals surface area (Å²) in [6.07, 6.45) is 4.13. The summed E-state index contributed by atoms with van der Waals surface area (Å²) in [5.74, 6) is 0.271. The molecule has 5 nitrogen and oxygen atoms in total. The number of unbranched alkanes of at least 4 members (excludes halogenated alkanes) is 3. The number of amides is 1. The van der Waals surface area contributed by atoms with E-state index in [1.165, 1.54) is 6.07 Å². The summed E-state index contributed by atoms with van der Waals surface area (Å²) in [7, 11) is 0. The largest absolute Gasteiger partial charge is 0.493 e. The monoisotopic (exact) mass is 458 g/mol. The highest BCUT2D eigenvalue weighted by molar-refractivity contribution is 9.10. The smallest absolute Gasteiger partial charge is 0.410 e. The van der Waals surface area contributed by atoms with Crippen LogP contribution in [0.2, 0.25) is 0 Å². The summed E-state index contributed by atoms with van der Waals surface area (Å²) in [5, 5.41) is 0. The Morgan fingerprint density at radius 2 is 1.79 bits per heavy atom. The number of ether oxygens (including phenoxy) is 2. The van der Waals surface area contributed by atoms with E-state index in [4.69, 9.17) is 9.47 Å². The lowest BCUT2D eigenvalue weighted by molar-refractivity contribution is 0.0144. The van der Waals surface area contributed by atoms with Crippen LogP contribution in [0.3, 0.4) is 0 Å². The predicted octanol–water partition coefficient (Wildman–Crippen LogP) is 5.08. The summed E-state index contributed by atoms with van der Waals surface area (Å²) in [6, 6.07) is 4.83. The third kappa shape index (κ3) is 8.35. The Bertz CT molecular complexity index is 629. The van der Waals surface area contributed by atoms with Crippen LogP contribution in [-0.2, 0) is 4.74 Å². The van der Waals surface area contributed by atoms with Crippen molar-refractivity contribution in [1.82, 2.24) is 9.80 Å². The van der Waals surface area contributed by atoms with Crippen LogP contribution in [0.15, 0.2) is 22.7 Å². The Labute approximate surface area is 176 Å². The fourth-order valence-corrected chi connectivity index (χ4v) is 3.27. The van der Waals surface area contributed by atoms with Gasteiger partial charge in [0.1, 0.15) is 17.2 Å². The first-order valence-corrected chi connectivity index (χ1v) is 10.8. The SMILES string of the molecule is CC(C)(C)OC(=O)N1CCN(CCCCCCOc2ccc(Br)c(F)c2)CC1. The molecule has 1 heterocycles. The molecule has 0 aliphatic carbocycles. The van der Waals surface area contributed by atoms with E-state index in [9.17, 15) is 9.18 Å². The van der Waals surface area contributed by atoms with E-state index in [2.05, 4.69) is 20.8 Å². The van der Waals surface area contributed by atoms with Crippen molar-refractivity contribution < 1.29 is 18.7 Å². The second-order valence-corrected chi connectivity index (χ2v) is 9.00. The first kappa shape index (κ1) is 22.9. The fraction of sp³-hybridized carbons (Fsp3) is 0.667. The van der Waals surface area contributed by atoms with Crippen LogP contribution in [-0.4, -0.2) is 60.8 Å². The van der Waals surface area contributed by atoms with Gasteiger partial charge in [-0.25, -0.2) is 9.18 Å². The van der Waals surface area contributed by atoms with Gasteiger partial charge in [0.25, 0.3) is 0 Å². The zero-order valence-corrected chi connectivity index (χ0v) is 18.8. The van der Waals surface area contributed by atoms with Gasteiger partial charge in [-0.2, -0.15) is 0 Å². The predicted molar refractivity (Wildman–Crippen MR) is 112 cm³/mol. The maximum Gasteiger partial charge on any atom is 0.410 e. The van der Waals surface area contributed by atoms with Gasteiger partial charge in [-0.05, 0) is 68.2 Å². The van der Waals surface area contributed by atoms with Crippen LogP contribution in [0, 0.1) is 5.82 Å². The number of hydrogen-bond acceptors (Lipinski definition) is 4. The topological polar surface area (TPSA) is 42.0 Å². The van der Waals surface area contributed by atoms with E-state index < -0.39 is 5.60 Å². The molecule has 1 fully saturated rings. The lowest BCUT2D eigenvalue weighted by Gasteiger charge is -2.35. The Hall–Kier alpha value is -1.34. The third-order valence-corrected chi connectivity index (χ3v) is 5.20. The van der Waals surface area contributed by atoms with Crippen LogP contribution in [0.4, 0.5) is 9.18 Å². The number of nitrogens with zero attached hydrogens (tertiary/aromatic N) is 2. The molecule has 7 heteroatoms. The Balaban J connectivity index is 1.50. The number of rotatable bonds is 8. The zero-order chi connectivity index (χ0) is 20.6. The Morgan fingerprint density at radius 1 is 1.11 bits per heavy atom. The average molecular weight is 459 g/mol. The summed E-state index contributed by atoms with van der Waals surface area (Å²) in [5.41, 5.74) is -0.441. The molecule has 1 aromatic rings. The molecule has 0 saturated carbocycles. The van der Waals surface area contributed by atoms with Gasteiger partial charge < -0.3 is 14.4 Å². The summed E-state index contributed by atoms with van der Waals surface area (Å²) in [4.78, 5) is 16.3. The van der Waals surface area contributed by atoms with Crippen LogP contribution in [0.5, 0.6) is 5.75 Å². The van der Waals surface area contributed by atoms with Crippen molar-refractivity contribution in [3.8, 4) is 5.75 Å². The van der Waals surface area contributed by atoms with Crippen LogP contribution in [0.1, 0.15) is 46.5 Å². The van der Waals surface area contributed by atoms with Gasteiger partial charge in [-0.3, -0.25) is 4.90 Å². The van der Waals surface area contributed by atoms with Gasteiger partial charge in [0.2, 0.25) is 0 Å². The van der Waals surface area contributed by atoms with Crippen molar-refractivity contribution in [2.45, 2.75) is 52.1 Å². The van der Waals surface area contributed by atoms with Crippen molar-refractivity contribution in [3.05, 3.63) is 28.5 Å². The standard InChI is InChI=1S/C21H32BrFN2O3/c1-21(2,3)28-20(26)25-13-11-24(12-14-25)10-6-4-5-7-15-27-17-8-9-18(22)19(23)16-17/h8-9,16H,4-7,10-15H2,1-3H3. The van der Waals surface area contributed by atoms with Crippen molar-refractivity contribution >= 4 is 22.0 Å². The average Bonchev–Trinajstić information content (AvgIpc) is 2.63. The van der Waals surface area contributed by atoms with Gasteiger partial charge in [0.15, 0.2) is 0 Å². The number of carbonyl (C=O) groups is 1.